The van der Waals surface area contributed by atoms with Crippen LogP contribution in [0.25, 0.3) is 0 Å². The first kappa shape index (κ1) is 10.2. The standard InChI is InChI=1S/C11H16FN/c1-2-9(8-13)7-10-3-5-11(12)6-4-10/h3-6,9H,2,7-8,13H2,1H3. The van der Waals surface area contributed by atoms with Crippen molar-refractivity contribution in [3.8, 4) is 0 Å². The van der Waals surface area contributed by atoms with Crippen molar-refractivity contribution in [2.45, 2.75) is 19.8 Å². The van der Waals surface area contributed by atoms with Crippen molar-refractivity contribution in [3.63, 3.8) is 0 Å². The molecule has 0 aliphatic carbocycles. The molecule has 0 spiro atoms. The van der Waals surface area contributed by atoms with Crippen LogP contribution in [0.1, 0.15) is 18.9 Å². The molecular weight excluding hydrogens is 165 g/mol. The third-order valence-electron chi connectivity index (χ3n) is 2.35. The molecule has 1 unspecified atom stereocenters. The van der Waals surface area contributed by atoms with Crippen molar-refractivity contribution in [2.75, 3.05) is 6.54 Å². The molecule has 0 saturated heterocycles. The first-order valence-electron chi connectivity index (χ1n) is 4.70. The summed E-state index contributed by atoms with van der Waals surface area (Å²) < 4.78 is 12.6. The van der Waals surface area contributed by atoms with Gasteiger partial charge in [-0.1, -0.05) is 25.5 Å². The van der Waals surface area contributed by atoms with Gasteiger partial charge in [0.1, 0.15) is 5.82 Å². The van der Waals surface area contributed by atoms with Crippen LogP contribution in [0.3, 0.4) is 0 Å². The molecule has 0 aliphatic rings. The molecule has 0 heterocycles. The van der Waals surface area contributed by atoms with Gasteiger partial charge in [0.15, 0.2) is 0 Å². The number of nitrogens with two attached hydrogens (primary N) is 1. The quantitative estimate of drug-likeness (QED) is 0.758. The Kier molecular flexibility index (Phi) is 3.90. The third kappa shape index (κ3) is 3.15. The van der Waals surface area contributed by atoms with Crippen LogP contribution in [0.2, 0.25) is 0 Å². The summed E-state index contributed by atoms with van der Waals surface area (Å²) in [6.07, 6.45) is 2.03. The van der Waals surface area contributed by atoms with Gasteiger partial charge < -0.3 is 5.73 Å². The number of halogens is 1. The van der Waals surface area contributed by atoms with Crippen LogP contribution < -0.4 is 5.73 Å². The summed E-state index contributed by atoms with van der Waals surface area (Å²) >= 11 is 0. The van der Waals surface area contributed by atoms with Crippen molar-refractivity contribution >= 4 is 0 Å². The van der Waals surface area contributed by atoms with E-state index in [-0.39, 0.29) is 5.82 Å². The zero-order chi connectivity index (χ0) is 9.68. The summed E-state index contributed by atoms with van der Waals surface area (Å²) in [5, 5.41) is 0. The van der Waals surface area contributed by atoms with Crippen LogP contribution in [-0.2, 0) is 6.42 Å². The van der Waals surface area contributed by atoms with E-state index in [1.165, 1.54) is 17.7 Å². The van der Waals surface area contributed by atoms with Crippen LogP contribution >= 0.6 is 0 Å². The average Bonchev–Trinajstić information content (AvgIpc) is 2.17. The lowest BCUT2D eigenvalue weighted by molar-refractivity contribution is 0.518. The minimum atomic E-state index is -0.176. The highest BCUT2D eigenvalue weighted by atomic mass is 19.1. The Bertz CT molecular complexity index is 239. The smallest absolute Gasteiger partial charge is 0.123 e. The topological polar surface area (TPSA) is 26.0 Å². The van der Waals surface area contributed by atoms with Crippen LogP contribution in [0.15, 0.2) is 24.3 Å². The third-order valence-corrected chi connectivity index (χ3v) is 2.35. The van der Waals surface area contributed by atoms with E-state index in [1.54, 1.807) is 0 Å². The molecule has 1 rings (SSSR count). The average molecular weight is 181 g/mol. The Balaban J connectivity index is 2.58. The van der Waals surface area contributed by atoms with Gasteiger partial charge in [-0.3, -0.25) is 0 Å². The van der Waals surface area contributed by atoms with Gasteiger partial charge in [-0.25, -0.2) is 4.39 Å². The first-order chi connectivity index (χ1) is 6.26. The zero-order valence-corrected chi connectivity index (χ0v) is 7.96. The second-order valence-electron chi connectivity index (χ2n) is 3.34. The molecule has 2 heteroatoms. The van der Waals surface area contributed by atoms with E-state index in [0.717, 1.165) is 12.8 Å². The fourth-order valence-corrected chi connectivity index (χ4v) is 1.35. The molecule has 0 aromatic heterocycles. The van der Waals surface area contributed by atoms with E-state index in [4.69, 9.17) is 5.73 Å². The second kappa shape index (κ2) is 4.97. The molecule has 1 nitrogen and oxygen atoms in total. The lowest BCUT2D eigenvalue weighted by atomic mass is 9.97. The van der Waals surface area contributed by atoms with Gasteiger partial charge in [-0.2, -0.15) is 0 Å². The summed E-state index contributed by atoms with van der Waals surface area (Å²) in [5.41, 5.74) is 6.75. The monoisotopic (exact) mass is 181 g/mol. The maximum Gasteiger partial charge on any atom is 0.123 e. The van der Waals surface area contributed by atoms with E-state index in [0.29, 0.717) is 12.5 Å². The lowest BCUT2D eigenvalue weighted by Crippen LogP contribution is -2.15. The number of rotatable bonds is 4. The fraction of sp³-hybridized carbons (Fsp3) is 0.455. The molecule has 1 atom stereocenters. The Morgan fingerprint density at radius 3 is 2.38 bits per heavy atom. The van der Waals surface area contributed by atoms with Crippen molar-refractivity contribution in [1.29, 1.82) is 0 Å². The lowest BCUT2D eigenvalue weighted by Gasteiger charge is -2.11. The molecule has 0 saturated carbocycles. The maximum absolute atomic E-state index is 12.6. The normalized spacial score (nSPS) is 12.8. The Morgan fingerprint density at radius 1 is 1.31 bits per heavy atom. The van der Waals surface area contributed by atoms with Gasteiger partial charge >= 0.3 is 0 Å². The first-order valence-corrected chi connectivity index (χ1v) is 4.70. The van der Waals surface area contributed by atoms with Gasteiger partial charge in [0.05, 0.1) is 0 Å². The Hall–Kier alpha value is -0.890. The van der Waals surface area contributed by atoms with Gasteiger partial charge in [0.2, 0.25) is 0 Å². The SMILES string of the molecule is CCC(CN)Cc1ccc(F)cc1. The van der Waals surface area contributed by atoms with E-state index in [9.17, 15) is 4.39 Å². The number of benzene rings is 1. The van der Waals surface area contributed by atoms with Crippen molar-refractivity contribution in [1.82, 2.24) is 0 Å². The molecular formula is C11H16FN. The van der Waals surface area contributed by atoms with Crippen LogP contribution in [0, 0.1) is 11.7 Å². The Labute approximate surface area is 78.8 Å². The molecule has 13 heavy (non-hydrogen) atoms. The van der Waals surface area contributed by atoms with Crippen LogP contribution in [0.5, 0.6) is 0 Å². The highest BCUT2D eigenvalue weighted by Gasteiger charge is 2.04. The molecule has 0 bridgehead atoms. The highest BCUT2D eigenvalue weighted by molar-refractivity contribution is 5.16. The van der Waals surface area contributed by atoms with Crippen molar-refractivity contribution in [3.05, 3.63) is 35.6 Å². The molecule has 1 aromatic carbocycles. The fourth-order valence-electron chi connectivity index (χ4n) is 1.35. The summed E-state index contributed by atoms with van der Waals surface area (Å²) in [7, 11) is 0. The maximum atomic E-state index is 12.6. The predicted molar refractivity (Wildman–Crippen MR) is 52.9 cm³/mol. The zero-order valence-electron chi connectivity index (χ0n) is 7.96. The summed E-state index contributed by atoms with van der Waals surface area (Å²) in [4.78, 5) is 0. The summed E-state index contributed by atoms with van der Waals surface area (Å²) in [5.74, 6) is 0.343. The van der Waals surface area contributed by atoms with E-state index in [1.807, 2.05) is 12.1 Å². The molecule has 0 amide bonds. The molecule has 0 aliphatic heterocycles. The number of hydrogen-bond donors (Lipinski definition) is 1. The van der Waals surface area contributed by atoms with Gasteiger partial charge in [0.25, 0.3) is 0 Å². The summed E-state index contributed by atoms with van der Waals surface area (Å²) in [6.45, 7) is 2.83. The summed E-state index contributed by atoms with van der Waals surface area (Å²) in [6, 6.07) is 6.65. The van der Waals surface area contributed by atoms with E-state index < -0.39 is 0 Å². The molecule has 0 fully saturated rings. The van der Waals surface area contributed by atoms with E-state index >= 15 is 0 Å². The number of hydrogen-bond acceptors (Lipinski definition) is 1. The highest BCUT2D eigenvalue weighted by Crippen LogP contribution is 2.11. The molecule has 72 valence electrons. The minimum absolute atomic E-state index is 0.176. The molecule has 1 aromatic rings. The van der Waals surface area contributed by atoms with Crippen LogP contribution in [-0.4, -0.2) is 6.54 Å². The largest absolute Gasteiger partial charge is 0.330 e. The van der Waals surface area contributed by atoms with Gasteiger partial charge in [0, 0.05) is 0 Å². The van der Waals surface area contributed by atoms with Crippen molar-refractivity contribution in [2.24, 2.45) is 11.7 Å². The van der Waals surface area contributed by atoms with Gasteiger partial charge in [-0.05, 0) is 36.6 Å². The van der Waals surface area contributed by atoms with E-state index in [2.05, 4.69) is 6.92 Å². The Morgan fingerprint density at radius 2 is 1.92 bits per heavy atom. The minimum Gasteiger partial charge on any atom is -0.330 e. The van der Waals surface area contributed by atoms with Crippen molar-refractivity contribution < 1.29 is 4.39 Å². The van der Waals surface area contributed by atoms with Gasteiger partial charge in [-0.15, -0.1) is 0 Å². The second-order valence-corrected chi connectivity index (χ2v) is 3.34. The molecule has 0 radical (unpaired) electrons. The predicted octanol–water partition coefficient (Wildman–Crippen LogP) is 2.35. The molecule has 2 N–H and O–H groups in total. The van der Waals surface area contributed by atoms with Crippen LogP contribution in [0.4, 0.5) is 4.39 Å².